The van der Waals surface area contributed by atoms with Gasteiger partial charge in [-0.15, -0.1) is 0 Å². The van der Waals surface area contributed by atoms with E-state index in [1.54, 1.807) is 18.2 Å². The van der Waals surface area contributed by atoms with Crippen LogP contribution in [0.15, 0.2) is 47.6 Å². The summed E-state index contributed by atoms with van der Waals surface area (Å²) >= 11 is 10.4. The number of hydrogen-bond donors (Lipinski definition) is 1. The largest absolute Gasteiger partial charge is 0.490 e. The third-order valence-electron chi connectivity index (χ3n) is 5.30. The van der Waals surface area contributed by atoms with Gasteiger partial charge in [0.15, 0.2) is 17.6 Å². The van der Waals surface area contributed by atoms with Gasteiger partial charge in [-0.05, 0) is 76.4 Å². The van der Waals surface area contributed by atoms with Crippen LogP contribution in [0.3, 0.4) is 0 Å². The van der Waals surface area contributed by atoms with Gasteiger partial charge in [0.2, 0.25) is 0 Å². The Kier molecular flexibility index (Phi) is 9.11. The minimum absolute atomic E-state index is 0.00431. The number of carboxylic acids is 1. The summed E-state index contributed by atoms with van der Waals surface area (Å²) in [5.74, 6) is 0.0375. The third kappa shape index (κ3) is 5.95. The molecule has 0 amide bonds. The molecular weight excluding hydrogens is 650 g/mol. The highest BCUT2D eigenvalue weighted by atomic mass is 79.9. The number of aromatic nitrogens is 2. The molecule has 0 aliphatic rings. The van der Waals surface area contributed by atoms with Crippen molar-refractivity contribution >= 4 is 70.9 Å². The van der Waals surface area contributed by atoms with Crippen molar-refractivity contribution in [3.63, 3.8) is 0 Å². The van der Waals surface area contributed by atoms with Gasteiger partial charge < -0.3 is 14.6 Å². The first-order chi connectivity index (χ1) is 16.6. The molecule has 8 nitrogen and oxygen atoms in total. The Labute approximate surface area is 227 Å². The zero-order valence-corrected chi connectivity index (χ0v) is 24.3. The predicted molar refractivity (Wildman–Crippen MR) is 146 cm³/mol. The fourth-order valence-electron chi connectivity index (χ4n) is 3.20. The SMILES string of the molecule is CCOc1cc(C=Nn2c([C@@H](C)CC)nc3ccc(Br)cc3c2=O)c(Br)c(Br)c1O[C@@H](C)C(=O)O. The minimum atomic E-state index is -1.10. The Morgan fingerprint density at radius 1 is 1.20 bits per heavy atom. The molecule has 3 rings (SSSR count). The van der Waals surface area contributed by atoms with Crippen molar-refractivity contribution in [2.24, 2.45) is 5.10 Å². The first-order valence-corrected chi connectivity index (χ1v) is 13.3. The van der Waals surface area contributed by atoms with E-state index in [2.05, 4.69) is 52.9 Å². The van der Waals surface area contributed by atoms with E-state index in [0.29, 0.717) is 43.6 Å². The summed E-state index contributed by atoms with van der Waals surface area (Å²) in [4.78, 5) is 29.4. The lowest BCUT2D eigenvalue weighted by atomic mass is 10.1. The van der Waals surface area contributed by atoms with Gasteiger partial charge in [0.05, 0.1) is 28.2 Å². The average molecular weight is 674 g/mol. The number of hydrogen-bond acceptors (Lipinski definition) is 6. The summed E-state index contributed by atoms with van der Waals surface area (Å²) in [6, 6.07) is 7.05. The van der Waals surface area contributed by atoms with Crippen molar-refractivity contribution in [2.75, 3.05) is 6.61 Å². The van der Waals surface area contributed by atoms with E-state index in [1.807, 2.05) is 26.8 Å². The highest BCUT2D eigenvalue weighted by Gasteiger charge is 2.22. The minimum Gasteiger partial charge on any atom is -0.490 e. The summed E-state index contributed by atoms with van der Waals surface area (Å²) < 4.78 is 14.4. The van der Waals surface area contributed by atoms with E-state index in [9.17, 15) is 14.7 Å². The predicted octanol–water partition coefficient (Wildman–Crippen LogP) is 6.33. The fraction of sp³-hybridized carbons (Fsp3) is 0.333. The molecule has 0 spiro atoms. The molecule has 35 heavy (non-hydrogen) atoms. The van der Waals surface area contributed by atoms with Crippen LogP contribution in [0, 0.1) is 0 Å². The van der Waals surface area contributed by atoms with Crippen LogP contribution in [0.5, 0.6) is 11.5 Å². The molecule has 2 atom stereocenters. The summed E-state index contributed by atoms with van der Waals surface area (Å²) in [6.45, 7) is 7.60. The number of halogens is 3. The maximum absolute atomic E-state index is 13.4. The lowest BCUT2D eigenvalue weighted by molar-refractivity contribution is -0.144. The molecular formula is C24H24Br3N3O5. The van der Waals surface area contributed by atoms with Crippen LogP contribution >= 0.6 is 47.8 Å². The molecule has 0 bridgehead atoms. The Morgan fingerprint density at radius 2 is 1.91 bits per heavy atom. The van der Waals surface area contributed by atoms with Crippen LogP contribution < -0.4 is 15.0 Å². The Bertz CT molecular complexity index is 1360. The molecule has 0 fully saturated rings. The number of benzene rings is 2. The fourth-order valence-corrected chi connectivity index (χ4v) is 4.47. The second kappa shape index (κ2) is 11.7. The maximum atomic E-state index is 13.4. The summed E-state index contributed by atoms with van der Waals surface area (Å²) in [5.41, 5.74) is 0.918. The standard InChI is InChI=1S/C24H24Br3N3O5/c1-5-12(3)22-29-17-8-7-15(25)10-16(17)23(31)30(22)28-11-14-9-18(34-6-2)21(20(27)19(14)26)35-13(4)24(32)33/h7-13H,5-6H2,1-4H3,(H,32,33)/t12-,13-/m0/s1. The molecule has 0 saturated heterocycles. The molecule has 0 unspecified atom stereocenters. The highest BCUT2D eigenvalue weighted by molar-refractivity contribution is 9.13. The number of aliphatic carboxylic acids is 1. The molecule has 11 heteroatoms. The summed E-state index contributed by atoms with van der Waals surface area (Å²) in [7, 11) is 0. The molecule has 0 radical (unpaired) electrons. The van der Waals surface area contributed by atoms with E-state index in [-0.39, 0.29) is 17.2 Å². The van der Waals surface area contributed by atoms with Gasteiger partial charge in [0, 0.05) is 20.4 Å². The summed E-state index contributed by atoms with van der Waals surface area (Å²) in [5, 5.41) is 14.2. The molecule has 0 saturated carbocycles. The van der Waals surface area contributed by atoms with Gasteiger partial charge in [0.1, 0.15) is 5.82 Å². The zero-order chi connectivity index (χ0) is 25.9. The molecule has 2 aromatic carbocycles. The molecule has 1 heterocycles. The maximum Gasteiger partial charge on any atom is 0.344 e. The molecule has 186 valence electrons. The number of fused-ring (bicyclic) bond motifs is 1. The van der Waals surface area contributed by atoms with Crippen molar-refractivity contribution < 1.29 is 19.4 Å². The van der Waals surface area contributed by atoms with Crippen molar-refractivity contribution in [1.29, 1.82) is 0 Å². The van der Waals surface area contributed by atoms with Crippen LogP contribution in [-0.4, -0.2) is 39.7 Å². The third-order valence-corrected chi connectivity index (χ3v) is 7.93. The molecule has 0 aliphatic heterocycles. The number of nitrogens with zero attached hydrogens (tertiary/aromatic N) is 3. The van der Waals surface area contributed by atoms with E-state index in [4.69, 9.17) is 14.5 Å². The van der Waals surface area contributed by atoms with Crippen LogP contribution in [0.25, 0.3) is 10.9 Å². The lowest BCUT2D eigenvalue weighted by Gasteiger charge is -2.18. The van der Waals surface area contributed by atoms with Gasteiger partial charge >= 0.3 is 5.97 Å². The van der Waals surface area contributed by atoms with Gasteiger partial charge in [-0.3, -0.25) is 4.79 Å². The van der Waals surface area contributed by atoms with Crippen LogP contribution in [-0.2, 0) is 4.79 Å². The van der Waals surface area contributed by atoms with Crippen molar-refractivity contribution in [3.05, 3.63) is 59.4 Å². The first kappa shape index (κ1) is 27.3. The normalized spacial score (nSPS) is 13.2. The van der Waals surface area contributed by atoms with E-state index >= 15 is 0 Å². The molecule has 1 aromatic heterocycles. The summed E-state index contributed by atoms with van der Waals surface area (Å²) in [6.07, 6.45) is 1.22. The van der Waals surface area contributed by atoms with E-state index < -0.39 is 12.1 Å². The first-order valence-electron chi connectivity index (χ1n) is 10.9. The second-order valence-electron chi connectivity index (χ2n) is 7.75. The van der Waals surface area contributed by atoms with E-state index in [0.717, 1.165) is 10.9 Å². The van der Waals surface area contributed by atoms with Crippen molar-refractivity contribution in [1.82, 2.24) is 9.66 Å². The van der Waals surface area contributed by atoms with E-state index in [1.165, 1.54) is 17.8 Å². The van der Waals surface area contributed by atoms with Crippen molar-refractivity contribution in [2.45, 2.75) is 46.1 Å². The van der Waals surface area contributed by atoms with Crippen LogP contribution in [0.1, 0.15) is 51.4 Å². The molecule has 0 aliphatic carbocycles. The average Bonchev–Trinajstić information content (AvgIpc) is 2.83. The van der Waals surface area contributed by atoms with Gasteiger partial charge in [-0.2, -0.15) is 9.78 Å². The monoisotopic (exact) mass is 671 g/mol. The quantitative estimate of drug-likeness (QED) is 0.267. The Hall–Kier alpha value is -2.24. The van der Waals surface area contributed by atoms with Crippen molar-refractivity contribution in [3.8, 4) is 11.5 Å². The smallest absolute Gasteiger partial charge is 0.344 e. The van der Waals surface area contributed by atoms with Crippen LogP contribution in [0.2, 0.25) is 0 Å². The van der Waals surface area contributed by atoms with Crippen LogP contribution in [0.4, 0.5) is 0 Å². The van der Waals surface area contributed by atoms with Gasteiger partial charge in [-0.1, -0.05) is 29.8 Å². The van der Waals surface area contributed by atoms with Gasteiger partial charge in [-0.25, -0.2) is 9.78 Å². The Balaban J connectivity index is 2.17. The molecule has 3 aromatic rings. The zero-order valence-electron chi connectivity index (χ0n) is 19.5. The number of carbonyl (C=O) groups is 1. The van der Waals surface area contributed by atoms with Gasteiger partial charge in [0.25, 0.3) is 5.56 Å². The molecule has 1 N–H and O–H groups in total. The topological polar surface area (TPSA) is 103 Å². The number of ether oxygens (including phenoxy) is 2. The number of carboxylic acid groups (broad SMARTS) is 1. The Morgan fingerprint density at radius 3 is 2.54 bits per heavy atom. The second-order valence-corrected chi connectivity index (χ2v) is 10.3. The highest BCUT2D eigenvalue weighted by Crippen LogP contribution is 2.43. The number of rotatable bonds is 9. The lowest BCUT2D eigenvalue weighted by Crippen LogP contribution is -2.24.